The molecule has 1 saturated heterocycles. The summed E-state index contributed by atoms with van der Waals surface area (Å²) in [6, 6.07) is 10.5. The number of anilines is 1. The number of nitriles is 1. The number of morpholine rings is 1. The minimum Gasteiger partial charge on any atom is -0.452 e. The number of carbonyl (C=O) groups excluding carboxylic acids is 2. The molecule has 0 atom stereocenters. The number of aryl methyl sites for hydroxylation is 1. The largest absolute Gasteiger partial charge is 0.452 e. The predicted octanol–water partition coefficient (Wildman–Crippen LogP) is 2.34. The Labute approximate surface area is 190 Å². The first-order chi connectivity index (χ1) is 15.2. The van der Waals surface area contributed by atoms with Crippen LogP contribution in [-0.2, 0) is 24.3 Å². The van der Waals surface area contributed by atoms with Crippen LogP contribution in [0.25, 0.3) is 0 Å². The molecule has 1 N–H and O–H groups in total. The summed E-state index contributed by atoms with van der Waals surface area (Å²) < 4.78 is 37.4. The van der Waals surface area contributed by atoms with Crippen LogP contribution in [-0.4, -0.2) is 57.5 Å². The molecule has 168 valence electrons. The van der Waals surface area contributed by atoms with Crippen LogP contribution < -0.4 is 5.32 Å². The molecule has 0 saturated carbocycles. The minimum absolute atomic E-state index is 0.00512. The Morgan fingerprint density at radius 1 is 1.22 bits per heavy atom. The number of nitrogens with one attached hydrogen (secondary N) is 1. The van der Waals surface area contributed by atoms with Gasteiger partial charge in [0.25, 0.3) is 5.91 Å². The van der Waals surface area contributed by atoms with Gasteiger partial charge in [0.1, 0.15) is 6.07 Å². The summed E-state index contributed by atoms with van der Waals surface area (Å²) in [5.41, 5.74) is 1.10. The maximum absolute atomic E-state index is 12.9. The van der Waals surface area contributed by atoms with Crippen LogP contribution in [0.4, 0.5) is 5.69 Å². The lowest BCUT2D eigenvalue weighted by Crippen LogP contribution is -2.40. The number of ether oxygens (including phenoxy) is 2. The van der Waals surface area contributed by atoms with Gasteiger partial charge in [-0.05, 0) is 42.8 Å². The molecule has 1 heterocycles. The summed E-state index contributed by atoms with van der Waals surface area (Å²) in [5, 5.41) is 11.6. The third-order valence-electron chi connectivity index (χ3n) is 4.72. The number of carbonyl (C=O) groups is 2. The number of hydrogen-bond donors (Lipinski definition) is 1. The molecule has 9 nitrogen and oxygen atoms in total. The van der Waals surface area contributed by atoms with Gasteiger partial charge in [-0.1, -0.05) is 17.7 Å². The molecule has 1 amide bonds. The van der Waals surface area contributed by atoms with E-state index in [4.69, 9.17) is 26.3 Å². The van der Waals surface area contributed by atoms with E-state index in [1.165, 1.54) is 40.7 Å². The van der Waals surface area contributed by atoms with Gasteiger partial charge in [-0.25, -0.2) is 13.2 Å². The van der Waals surface area contributed by atoms with Crippen molar-refractivity contribution in [3.63, 3.8) is 0 Å². The van der Waals surface area contributed by atoms with Crippen molar-refractivity contribution in [2.45, 2.75) is 11.8 Å². The molecule has 1 fully saturated rings. The van der Waals surface area contributed by atoms with E-state index in [9.17, 15) is 18.0 Å². The zero-order chi connectivity index (χ0) is 23.3. The van der Waals surface area contributed by atoms with Crippen LogP contribution in [0.3, 0.4) is 0 Å². The van der Waals surface area contributed by atoms with Gasteiger partial charge in [0.2, 0.25) is 10.0 Å². The lowest BCUT2D eigenvalue weighted by Gasteiger charge is -2.26. The molecule has 0 spiro atoms. The van der Waals surface area contributed by atoms with E-state index in [-0.39, 0.29) is 34.1 Å². The highest BCUT2D eigenvalue weighted by Gasteiger charge is 2.28. The zero-order valence-electron chi connectivity index (χ0n) is 17.1. The topological polar surface area (TPSA) is 126 Å². The molecule has 0 unspecified atom stereocenters. The third-order valence-corrected chi connectivity index (χ3v) is 7.07. The quantitative estimate of drug-likeness (QED) is 0.633. The zero-order valence-corrected chi connectivity index (χ0v) is 18.7. The Kier molecular flexibility index (Phi) is 7.48. The summed E-state index contributed by atoms with van der Waals surface area (Å²) in [7, 11) is -3.80. The standard InChI is InChI=1S/C21H20ClN3O6S/c1-14-2-3-15(10-19(14)32(28,29)25-6-8-30-9-7-25)21(27)31-13-20(26)24-17-5-4-16(12-23)18(22)11-17/h2-5,10-11H,6-9,13H2,1H3,(H,24,26). The number of esters is 1. The lowest BCUT2D eigenvalue weighted by molar-refractivity contribution is -0.119. The summed E-state index contributed by atoms with van der Waals surface area (Å²) in [5.74, 6) is -1.45. The first-order valence-electron chi connectivity index (χ1n) is 9.57. The summed E-state index contributed by atoms with van der Waals surface area (Å²) in [6.45, 7) is 2.12. The summed E-state index contributed by atoms with van der Waals surface area (Å²) >= 11 is 5.92. The number of nitrogens with zero attached hydrogens (tertiary/aromatic N) is 2. The summed E-state index contributed by atoms with van der Waals surface area (Å²) in [6.07, 6.45) is 0. The fourth-order valence-corrected chi connectivity index (χ4v) is 4.91. The Balaban J connectivity index is 1.66. The van der Waals surface area contributed by atoms with Crippen LogP contribution in [0.5, 0.6) is 0 Å². The second kappa shape index (κ2) is 10.1. The number of amides is 1. The van der Waals surface area contributed by atoms with Crippen molar-refractivity contribution < 1.29 is 27.5 Å². The minimum atomic E-state index is -3.80. The van der Waals surface area contributed by atoms with E-state index in [2.05, 4.69) is 5.32 Å². The molecule has 11 heteroatoms. The van der Waals surface area contributed by atoms with Crippen molar-refractivity contribution in [2.75, 3.05) is 38.2 Å². The van der Waals surface area contributed by atoms with Crippen LogP contribution in [0.2, 0.25) is 5.02 Å². The number of halogens is 1. The molecule has 0 bridgehead atoms. The highest BCUT2D eigenvalue weighted by molar-refractivity contribution is 7.89. The second-order valence-electron chi connectivity index (χ2n) is 6.93. The molecule has 2 aromatic carbocycles. The summed E-state index contributed by atoms with van der Waals surface area (Å²) in [4.78, 5) is 24.5. The van der Waals surface area contributed by atoms with Gasteiger partial charge < -0.3 is 14.8 Å². The van der Waals surface area contributed by atoms with Crippen LogP contribution in [0.1, 0.15) is 21.5 Å². The van der Waals surface area contributed by atoms with Gasteiger partial charge in [-0.15, -0.1) is 0 Å². The highest BCUT2D eigenvalue weighted by atomic mass is 35.5. The average molecular weight is 478 g/mol. The van der Waals surface area contributed by atoms with E-state index in [1.807, 2.05) is 6.07 Å². The van der Waals surface area contributed by atoms with E-state index >= 15 is 0 Å². The monoisotopic (exact) mass is 477 g/mol. The number of hydrogen-bond acceptors (Lipinski definition) is 7. The molecule has 2 aromatic rings. The molecule has 32 heavy (non-hydrogen) atoms. The molecule has 0 radical (unpaired) electrons. The molecular weight excluding hydrogens is 458 g/mol. The molecule has 1 aliphatic rings. The molecule has 3 rings (SSSR count). The van der Waals surface area contributed by atoms with Crippen LogP contribution in [0, 0.1) is 18.3 Å². The second-order valence-corrected chi connectivity index (χ2v) is 9.24. The predicted molar refractivity (Wildman–Crippen MR) is 116 cm³/mol. The maximum atomic E-state index is 12.9. The number of sulfonamides is 1. The molecular formula is C21H20ClN3O6S. The van der Waals surface area contributed by atoms with Gasteiger partial charge in [0, 0.05) is 18.8 Å². The van der Waals surface area contributed by atoms with Crippen molar-refractivity contribution >= 4 is 39.2 Å². The van der Waals surface area contributed by atoms with E-state index in [0.29, 0.717) is 24.5 Å². The Bertz CT molecular complexity index is 1190. The lowest BCUT2D eigenvalue weighted by atomic mass is 10.1. The molecule has 1 aliphatic heterocycles. The van der Waals surface area contributed by atoms with E-state index in [1.54, 1.807) is 6.92 Å². The van der Waals surface area contributed by atoms with Crippen molar-refractivity contribution in [1.82, 2.24) is 4.31 Å². The highest BCUT2D eigenvalue weighted by Crippen LogP contribution is 2.23. The van der Waals surface area contributed by atoms with Crippen molar-refractivity contribution in [2.24, 2.45) is 0 Å². The van der Waals surface area contributed by atoms with Crippen molar-refractivity contribution in [3.05, 3.63) is 58.1 Å². The van der Waals surface area contributed by atoms with Crippen molar-refractivity contribution in [1.29, 1.82) is 5.26 Å². The average Bonchev–Trinajstić information content (AvgIpc) is 2.78. The van der Waals surface area contributed by atoms with Gasteiger partial charge >= 0.3 is 5.97 Å². The van der Waals surface area contributed by atoms with Gasteiger partial charge in [0.15, 0.2) is 6.61 Å². The van der Waals surface area contributed by atoms with Gasteiger partial charge in [-0.2, -0.15) is 9.57 Å². The van der Waals surface area contributed by atoms with E-state index < -0.39 is 28.5 Å². The molecule has 0 aliphatic carbocycles. The normalized spacial score (nSPS) is 14.4. The fourth-order valence-electron chi connectivity index (χ4n) is 3.03. The first-order valence-corrected chi connectivity index (χ1v) is 11.4. The van der Waals surface area contributed by atoms with E-state index in [0.717, 1.165) is 0 Å². The Morgan fingerprint density at radius 2 is 1.94 bits per heavy atom. The SMILES string of the molecule is Cc1ccc(C(=O)OCC(=O)Nc2ccc(C#N)c(Cl)c2)cc1S(=O)(=O)N1CCOCC1. The first kappa shape index (κ1) is 23.7. The molecule has 0 aromatic heterocycles. The number of rotatable bonds is 6. The Morgan fingerprint density at radius 3 is 2.59 bits per heavy atom. The Hall–Kier alpha value is -2.97. The van der Waals surface area contributed by atoms with Crippen LogP contribution >= 0.6 is 11.6 Å². The maximum Gasteiger partial charge on any atom is 0.338 e. The third kappa shape index (κ3) is 5.44. The fraction of sp³-hybridized carbons (Fsp3) is 0.286. The van der Waals surface area contributed by atoms with Crippen molar-refractivity contribution in [3.8, 4) is 6.07 Å². The van der Waals surface area contributed by atoms with Gasteiger partial charge in [0.05, 0.1) is 34.3 Å². The number of benzene rings is 2. The smallest absolute Gasteiger partial charge is 0.338 e. The van der Waals surface area contributed by atoms with Gasteiger partial charge in [-0.3, -0.25) is 4.79 Å². The van der Waals surface area contributed by atoms with Crippen LogP contribution in [0.15, 0.2) is 41.3 Å².